The van der Waals surface area contributed by atoms with Crippen LogP contribution in [0, 0.1) is 16.0 Å². The number of hydrogen-bond donors (Lipinski definition) is 1. The zero-order valence-electron chi connectivity index (χ0n) is 14.7. The van der Waals surface area contributed by atoms with Crippen molar-refractivity contribution in [2.45, 2.75) is 50.7 Å². The number of aliphatic carboxylic acids is 1. The monoisotopic (exact) mass is 372 g/mol. The smallest absolute Gasteiger partial charge is 0.320 e. The third-order valence-electron chi connectivity index (χ3n) is 5.61. The molecule has 1 aromatic heterocycles. The van der Waals surface area contributed by atoms with Gasteiger partial charge in [-0.3, -0.25) is 19.8 Å². The van der Waals surface area contributed by atoms with Crippen LogP contribution in [0.5, 0.6) is 0 Å². The molecule has 1 aliphatic carbocycles. The topological polar surface area (TPSA) is 123 Å². The maximum Gasteiger partial charge on any atom is 0.320 e. The Hall–Kier alpha value is -2.81. The van der Waals surface area contributed by atoms with Crippen LogP contribution in [-0.4, -0.2) is 43.1 Å². The van der Waals surface area contributed by atoms with Gasteiger partial charge in [0, 0.05) is 23.7 Å². The van der Waals surface area contributed by atoms with E-state index in [0.29, 0.717) is 23.8 Å². The highest BCUT2D eigenvalue weighted by Gasteiger charge is 2.45. The van der Waals surface area contributed by atoms with Crippen LogP contribution in [0.3, 0.4) is 0 Å². The van der Waals surface area contributed by atoms with Crippen LogP contribution in [0.15, 0.2) is 28.8 Å². The second-order valence-corrected chi connectivity index (χ2v) is 7.19. The molecule has 4 rings (SSSR count). The number of likely N-dealkylation sites (tertiary alicyclic amines) is 1. The minimum absolute atomic E-state index is 0.0469. The molecule has 1 aromatic carbocycles. The van der Waals surface area contributed by atoms with Crippen molar-refractivity contribution in [2.75, 3.05) is 0 Å². The number of nitro benzene ring substituents is 1. The van der Waals surface area contributed by atoms with Crippen molar-refractivity contribution >= 4 is 11.7 Å². The van der Waals surface area contributed by atoms with Crippen molar-refractivity contribution in [1.82, 2.24) is 15.0 Å². The number of rotatable bonds is 5. The number of non-ortho nitro benzene ring substituents is 1. The predicted octanol–water partition coefficient (Wildman–Crippen LogP) is 2.86. The Morgan fingerprint density at radius 1 is 1.37 bits per heavy atom. The number of hydrogen-bond acceptors (Lipinski definition) is 7. The van der Waals surface area contributed by atoms with E-state index in [-0.39, 0.29) is 24.1 Å². The second kappa shape index (κ2) is 7.07. The minimum atomic E-state index is -0.817. The van der Waals surface area contributed by atoms with Crippen molar-refractivity contribution in [3.63, 3.8) is 0 Å². The number of nitro groups is 1. The van der Waals surface area contributed by atoms with Gasteiger partial charge in [0.15, 0.2) is 0 Å². The maximum absolute atomic E-state index is 11.7. The van der Waals surface area contributed by atoms with Gasteiger partial charge in [0.1, 0.15) is 6.04 Å². The highest BCUT2D eigenvalue weighted by atomic mass is 16.6. The van der Waals surface area contributed by atoms with E-state index in [4.69, 9.17) is 4.52 Å². The third-order valence-corrected chi connectivity index (χ3v) is 5.61. The number of carbonyl (C=O) groups is 1. The number of carboxylic acid groups (broad SMARTS) is 1. The van der Waals surface area contributed by atoms with Gasteiger partial charge < -0.3 is 9.63 Å². The zero-order valence-corrected chi connectivity index (χ0v) is 14.7. The van der Waals surface area contributed by atoms with Gasteiger partial charge >= 0.3 is 5.97 Å². The molecule has 2 heterocycles. The Morgan fingerprint density at radius 3 is 2.96 bits per heavy atom. The van der Waals surface area contributed by atoms with Crippen LogP contribution in [-0.2, 0) is 11.3 Å². The molecule has 0 radical (unpaired) electrons. The van der Waals surface area contributed by atoms with Gasteiger partial charge in [-0.25, -0.2) is 0 Å². The van der Waals surface area contributed by atoms with E-state index in [1.165, 1.54) is 12.1 Å². The summed E-state index contributed by atoms with van der Waals surface area (Å²) >= 11 is 0. The van der Waals surface area contributed by atoms with Crippen LogP contribution in [0.25, 0.3) is 11.4 Å². The quantitative estimate of drug-likeness (QED) is 0.628. The van der Waals surface area contributed by atoms with Gasteiger partial charge in [-0.15, -0.1) is 0 Å². The van der Waals surface area contributed by atoms with E-state index in [0.717, 1.165) is 25.7 Å². The van der Waals surface area contributed by atoms with Crippen LogP contribution in [0.2, 0.25) is 0 Å². The molecule has 1 saturated carbocycles. The van der Waals surface area contributed by atoms with E-state index in [1.54, 1.807) is 12.1 Å². The number of benzene rings is 1. The van der Waals surface area contributed by atoms with Gasteiger partial charge in [-0.2, -0.15) is 4.98 Å². The summed E-state index contributed by atoms with van der Waals surface area (Å²) in [7, 11) is 0. The predicted molar refractivity (Wildman–Crippen MR) is 93.7 cm³/mol. The van der Waals surface area contributed by atoms with Gasteiger partial charge in [0.25, 0.3) is 5.69 Å². The van der Waals surface area contributed by atoms with Crippen molar-refractivity contribution < 1.29 is 19.3 Å². The molecule has 2 aliphatic rings. The van der Waals surface area contributed by atoms with Crippen molar-refractivity contribution in [2.24, 2.45) is 5.92 Å². The third kappa shape index (κ3) is 3.42. The number of fused-ring (bicyclic) bond motifs is 1. The second-order valence-electron chi connectivity index (χ2n) is 7.19. The lowest BCUT2D eigenvalue weighted by atomic mass is 9.85. The zero-order chi connectivity index (χ0) is 19.0. The number of aromatic nitrogens is 2. The van der Waals surface area contributed by atoms with Gasteiger partial charge in [0.05, 0.1) is 11.5 Å². The highest BCUT2D eigenvalue weighted by Crippen LogP contribution is 2.40. The number of nitrogens with zero attached hydrogens (tertiary/aromatic N) is 4. The molecule has 0 spiro atoms. The fourth-order valence-electron chi connectivity index (χ4n) is 4.37. The summed E-state index contributed by atoms with van der Waals surface area (Å²) < 4.78 is 5.32. The van der Waals surface area contributed by atoms with Crippen LogP contribution < -0.4 is 0 Å². The van der Waals surface area contributed by atoms with Crippen LogP contribution in [0.1, 0.15) is 38.0 Å². The first-order chi connectivity index (χ1) is 13.0. The highest BCUT2D eigenvalue weighted by molar-refractivity contribution is 5.74. The van der Waals surface area contributed by atoms with Gasteiger partial charge in [-0.05, 0) is 25.2 Å². The van der Waals surface area contributed by atoms with Crippen molar-refractivity contribution in [1.29, 1.82) is 0 Å². The Kier molecular flexibility index (Phi) is 4.61. The van der Waals surface area contributed by atoms with Gasteiger partial charge in [-0.1, -0.05) is 30.1 Å². The molecule has 9 nitrogen and oxygen atoms in total. The molecular weight excluding hydrogens is 352 g/mol. The molecule has 1 saturated heterocycles. The molecule has 3 atom stereocenters. The summed E-state index contributed by atoms with van der Waals surface area (Å²) in [6.45, 7) is 0.278. The van der Waals surface area contributed by atoms with E-state index >= 15 is 0 Å². The van der Waals surface area contributed by atoms with Crippen LogP contribution >= 0.6 is 0 Å². The van der Waals surface area contributed by atoms with Gasteiger partial charge in [0.2, 0.25) is 11.7 Å². The van der Waals surface area contributed by atoms with Crippen LogP contribution in [0.4, 0.5) is 5.69 Å². The molecule has 2 fully saturated rings. The molecule has 1 aliphatic heterocycles. The average Bonchev–Trinajstić information content (AvgIpc) is 3.27. The first-order valence-corrected chi connectivity index (χ1v) is 9.09. The lowest BCUT2D eigenvalue weighted by Gasteiger charge is -2.31. The Balaban J connectivity index is 1.55. The van der Waals surface area contributed by atoms with Crippen molar-refractivity contribution in [3.8, 4) is 11.4 Å². The Morgan fingerprint density at radius 2 is 2.19 bits per heavy atom. The molecule has 0 bridgehead atoms. The molecule has 3 unspecified atom stereocenters. The first kappa shape index (κ1) is 17.6. The minimum Gasteiger partial charge on any atom is -0.480 e. The molecule has 1 N–H and O–H groups in total. The largest absolute Gasteiger partial charge is 0.480 e. The normalized spacial score (nSPS) is 25.3. The average molecular weight is 372 g/mol. The molecule has 27 heavy (non-hydrogen) atoms. The molecular formula is C18H20N4O5. The summed E-state index contributed by atoms with van der Waals surface area (Å²) in [5.41, 5.74) is 0.445. The Bertz CT molecular complexity index is 867. The molecule has 142 valence electrons. The van der Waals surface area contributed by atoms with E-state index in [2.05, 4.69) is 10.1 Å². The fraction of sp³-hybridized carbons (Fsp3) is 0.500. The number of carboxylic acids is 1. The summed E-state index contributed by atoms with van der Waals surface area (Å²) in [6, 6.07) is 5.72. The fourth-order valence-corrected chi connectivity index (χ4v) is 4.37. The lowest BCUT2D eigenvalue weighted by Crippen LogP contribution is -2.41. The van der Waals surface area contributed by atoms with Crippen molar-refractivity contribution in [3.05, 3.63) is 40.3 Å². The molecule has 2 aromatic rings. The summed E-state index contributed by atoms with van der Waals surface area (Å²) in [5, 5.41) is 24.5. The summed E-state index contributed by atoms with van der Waals surface area (Å²) in [4.78, 5) is 28.5. The molecule has 9 heteroatoms. The molecule has 0 amide bonds. The van der Waals surface area contributed by atoms with E-state index < -0.39 is 16.9 Å². The standard InChI is InChI=1S/C18H20N4O5/c23-18(24)15-9-11-4-1-2-7-14(11)21(15)10-16-19-17(20-27-16)12-5-3-6-13(8-12)22(25)26/h3,5-6,8,11,14-15H,1-2,4,7,9-10H2,(H,23,24). The first-order valence-electron chi connectivity index (χ1n) is 9.09. The summed E-state index contributed by atoms with van der Waals surface area (Å²) in [5.74, 6) is 0.177. The Labute approximate surface area is 155 Å². The summed E-state index contributed by atoms with van der Waals surface area (Å²) in [6.07, 6.45) is 4.96. The maximum atomic E-state index is 11.7. The SMILES string of the molecule is O=C(O)C1CC2CCCCC2N1Cc1nc(-c2cccc([N+](=O)[O-])c2)no1. The van der Waals surface area contributed by atoms with E-state index in [9.17, 15) is 20.0 Å². The lowest BCUT2D eigenvalue weighted by molar-refractivity contribution is -0.384. The van der Waals surface area contributed by atoms with E-state index in [1.807, 2.05) is 4.90 Å².